The smallest absolute Gasteiger partial charge is 0.411 e. The van der Waals surface area contributed by atoms with Crippen molar-refractivity contribution in [2.24, 2.45) is 22.7 Å². The van der Waals surface area contributed by atoms with E-state index >= 15 is 0 Å². The van der Waals surface area contributed by atoms with Crippen LogP contribution in [-0.4, -0.2) is 84.4 Å². The Labute approximate surface area is 230 Å². The first-order valence-corrected chi connectivity index (χ1v) is 14.0. The summed E-state index contributed by atoms with van der Waals surface area (Å²) in [6.07, 6.45) is 2.39. The van der Waals surface area contributed by atoms with Gasteiger partial charge < -0.3 is 34.4 Å². The molecule has 1 heterocycles. The van der Waals surface area contributed by atoms with Gasteiger partial charge in [-0.15, -0.1) is 0 Å². The van der Waals surface area contributed by atoms with Gasteiger partial charge in [-0.1, -0.05) is 13.8 Å². The Morgan fingerprint density at radius 1 is 1.05 bits per heavy atom. The van der Waals surface area contributed by atoms with E-state index in [1.807, 2.05) is 6.92 Å². The monoisotopic (exact) mass is 548 g/mol. The van der Waals surface area contributed by atoms with E-state index in [2.05, 4.69) is 12.2 Å². The molecule has 0 spiro atoms. The molecule has 0 radical (unpaired) electrons. The van der Waals surface area contributed by atoms with E-state index in [-0.39, 0.29) is 43.4 Å². The molecule has 10 nitrogen and oxygen atoms in total. The highest BCUT2D eigenvalue weighted by atomic mass is 16.6. The first kappa shape index (κ1) is 29.4. The van der Waals surface area contributed by atoms with Crippen LogP contribution in [0.5, 0.6) is 11.5 Å². The quantitative estimate of drug-likeness (QED) is 0.389. The van der Waals surface area contributed by atoms with Crippen molar-refractivity contribution in [2.45, 2.75) is 77.0 Å². The molecule has 3 fully saturated rings. The first-order valence-electron chi connectivity index (χ1n) is 14.0. The molecule has 4 N–H and O–H groups in total. The third kappa shape index (κ3) is 5.69. The summed E-state index contributed by atoms with van der Waals surface area (Å²) in [4.78, 5) is 28.1. The molecule has 4 rings (SSSR count). The maximum atomic E-state index is 13.3. The predicted molar refractivity (Wildman–Crippen MR) is 145 cm³/mol. The lowest BCUT2D eigenvalue weighted by molar-refractivity contribution is -0.186. The van der Waals surface area contributed by atoms with E-state index in [9.17, 15) is 24.9 Å². The highest BCUT2D eigenvalue weighted by Gasteiger charge is 2.60. The Balaban J connectivity index is 1.50. The number of ether oxygens (including phenoxy) is 3. The fraction of sp³-hybridized carbons (Fsp3) is 0.724. The highest BCUT2D eigenvalue weighted by molar-refractivity contribution is 5.85. The number of carbonyl (C=O) groups excluding carboxylic acids is 2. The lowest BCUT2D eigenvalue weighted by atomic mass is 9.46. The van der Waals surface area contributed by atoms with Crippen molar-refractivity contribution >= 4 is 17.7 Å². The summed E-state index contributed by atoms with van der Waals surface area (Å²) < 4.78 is 16.5. The number of methoxy groups -OCH3 is 2. The first-order chi connectivity index (χ1) is 18.6. The summed E-state index contributed by atoms with van der Waals surface area (Å²) in [5.41, 5.74) is -0.709. The zero-order chi connectivity index (χ0) is 28.4. The second-order valence-electron chi connectivity index (χ2n) is 11.9. The molecular formula is C29H44N2O8. The molecule has 0 bridgehead atoms. The molecule has 7 atom stereocenters. The number of fused-ring (bicyclic) bond motifs is 1. The van der Waals surface area contributed by atoms with Crippen LogP contribution in [0.15, 0.2) is 18.2 Å². The molecular weight excluding hydrogens is 504 g/mol. The number of hydrogen-bond acceptors (Lipinski definition) is 8. The van der Waals surface area contributed by atoms with Crippen LogP contribution in [0.25, 0.3) is 0 Å². The molecule has 1 aromatic carbocycles. The van der Waals surface area contributed by atoms with E-state index in [1.165, 1.54) is 14.2 Å². The summed E-state index contributed by atoms with van der Waals surface area (Å²) >= 11 is 0. The molecule has 3 aliphatic rings. The van der Waals surface area contributed by atoms with Crippen LogP contribution in [0.4, 0.5) is 10.5 Å². The number of benzene rings is 1. The lowest BCUT2D eigenvalue weighted by Crippen LogP contribution is -2.61. The number of carbonyl (C=O) groups is 2. The summed E-state index contributed by atoms with van der Waals surface area (Å²) in [6, 6.07) is 4.88. The Morgan fingerprint density at radius 2 is 1.74 bits per heavy atom. The van der Waals surface area contributed by atoms with Gasteiger partial charge in [0.2, 0.25) is 5.91 Å². The minimum atomic E-state index is -0.751. The average molecular weight is 549 g/mol. The molecule has 0 unspecified atom stereocenters. The van der Waals surface area contributed by atoms with Gasteiger partial charge in [-0.2, -0.15) is 0 Å². The van der Waals surface area contributed by atoms with Gasteiger partial charge in [-0.25, -0.2) is 4.79 Å². The van der Waals surface area contributed by atoms with Crippen molar-refractivity contribution < 1.29 is 39.1 Å². The van der Waals surface area contributed by atoms with E-state index in [0.29, 0.717) is 49.4 Å². The van der Waals surface area contributed by atoms with Crippen molar-refractivity contribution in [3.8, 4) is 11.5 Å². The molecule has 1 aliphatic heterocycles. The van der Waals surface area contributed by atoms with Gasteiger partial charge in [0.1, 0.15) is 17.6 Å². The van der Waals surface area contributed by atoms with Crippen molar-refractivity contribution in [3.63, 3.8) is 0 Å². The van der Waals surface area contributed by atoms with Gasteiger partial charge in [0, 0.05) is 36.6 Å². The fourth-order valence-electron chi connectivity index (χ4n) is 7.60. The van der Waals surface area contributed by atoms with Gasteiger partial charge in [0.25, 0.3) is 0 Å². The third-order valence-corrected chi connectivity index (χ3v) is 9.83. The average Bonchev–Trinajstić information content (AvgIpc) is 3.41. The van der Waals surface area contributed by atoms with E-state index in [0.717, 1.165) is 12.8 Å². The molecule has 10 heteroatoms. The molecule has 1 aromatic rings. The van der Waals surface area contributed by atoms with Crippen LogP contribution in [0.1, 0.15) is 58.8 Å². The predicted octanol–water partition coefficient (Wildman–Crippen LogP) is 3.18. The van der Waals surface area contributed by atoms with E-state index < -0.39 is 29.1 Å². The minimum Gasteiger partial charge on any atom is -0.497 e. The van der Waals surface area contributed by atoms with Crippen molar-refractivity contribution in [1.29, 1.82) is 0 Å². The number of amides is 2. The van der Waals surface area contributed by atoms with Crippen LogP contribution >= 0.6 is 0 Å². The van der Waals surface area contributed by atoms with Crippen LogP contribution in [0.2, 0.25) is 0 Å². The van der Waals surface area contributed by atoms with Crippen LogP contribution in [0, 0.1) is 22.7 Å². The number of aliphatic hydroxyl groups excluding tert-OH is 3. The zero-order valence-electron chi connectivity index (χ0n) is 23.5. The number of nitrogens with one attached hydrogen (secondary N) is 1. The Hall–Kier alpha value is -2.56. The molecule has 2 amide bonds. The largest absolute Gasteiger partial charge is 0.497 e. The standard InChI is InChI=1S/C29H44N2O8/c1-28-10-9-25(39-27(36)30-18-12-20(37-3)14-21(13-18)38-4)29(2,17-33)24(28)8-7-23(34)22(28)15-26(35)31-11-5-6-19(31)16-32/h12-14,19,22-25,32-34H,5-11,15-17H2,1-4H3,(H,30,36)/t19-,22+,23+,24-,25+,28-,29-/m0/s1. The van der Waals surface area contributed by atoms with Crippen LogP contribution in [-0.2, 0) is 9.53 Å². The van der Waals surface area contributed by atoms with Gasteiger partial charge in [0.05, 0.1) is 45.3 Å². The number of hydrogen-bond donors (Lipinski definition) is 4. The summed E-state index contributed by atoms with van der Waals surface area (Å²) in [5, 5.41) is 34.2. The van der Waals surface area contributed by atoms with Gasteiger partial charge in [0.15, 0.2) is 0 Å². The molecule has 2 aliphatic carbocycles. The molecule has 0 aromatic heterocycles. The fourth-order valence-corrected chi connectivity index (χ4v) is 7.60. The highest BCUT2D eigenvalue weighted by Crippen LogP contribution is 2.61. The SMILES string of the molecule is COc1cc(NC(=O)O[C@@H]2CC[C@]3(C)[C@H](CC[C@@H](O)[C@H]3CC(=O)N3CCC[C@H]3CO)[C@]2(C)CO)cc(OC)c1. The molecule has 1 saturated heterocycles. The molecule has 2 saturated carbocycles. The van der Waals surface area contributed by atoms with Gasteiger partial charge in [-0.05, 0) is 55.8 Å². The zero-order valence-corrected chi connectivity index (χ0v) is 23.5. The number of rotatable bonds is 8. The van der Waals surface area contributed by atoms with Crippen LogP contribution in [0.3, 0.4) is 0 Å². The van der Waals surface area contributed by atoms with Crippen molar-refractivity contribution in [3.05, 3.63) is 18.2 Å². The van der Waals surface area contributed by atoms with Crippen molar-refractivity contribution in [1.82, 2.24) is 4.90 Å². The summed E-state index contributed by atoms with van der Waals surface area (Å²) in [6.45, 7) is 4.45. The topological polar surface area (TPSA) is 138 Å². The van der Waals surface area contributed by atoms with Gasteiger partial charge in [-0.3, -0.25) is 10.1 Å². The number of nitrogens with zero attached hydrogens (tertiary/aromatic N) is 1. The van der Waals surface area contributed by atoms with Crippen molar-refractivity contribution in [2.75, 3.05) is 39.3 Å². The van der Waals surface area contributed by atoms with Crippen LogP contribution < -0.4 is 14.8 Å². The number of anilines is 1. The Kier molecular flexibility index (Phi) is 8.98. The Morgan fingerprint density at radius 3 is 2.36 bits per heavy atom. The van der Waals surface area contributed by atoms with Gasteiger partial charge >= 0.3 is 6.09 Å². The number of likely N-dealkylation sites (tertiary alicyclic amines) is 1. The third-order valence-electron chi connectivity index (χ3n) is 9.83. The second kappa shape index (κ2) is 11.9. The molecule has 218 valence electrons. The Bertz CT molecular complexity index is 1010. The minimum absolute atomic E-state index is 0.0327. The molecule has 39 heavy (non-hydrogen) atoms. The normalized spacial score (nSPS) is 34.2. The maximum absolute atomic E-state index is 13.3. The second-order valence-corrected chi connectivity index (χ2v) is 11.9. The number of aliphatic hydroxyl groups is 3. The lowest BCUT2D eigenvalue weighted by Gasteiger charge is -2.60. The maximum Gasteiger partial charge on any atom is 0.411 e. The van der Waals surface area contributed by atoms with E-state index in [4.69, 9.17) is 14.2 Å². The summed E-state index contributed by atoms with van der Waals surface area (Å²) in [5.74, 6) is 0.674. The van der Waals surface area contributed by atoms with E-state index in [1.54, 1.807) is 23.1 Å². The summed E-state index contributed by atoms with van der Waals surface area (Å²) in [7, 11) is 3.06.